The molecule has 0 N–H and O–H groups in total. The highest BCUT2D eigenvalue weighted by atomic mass is 35.5. The summed E-state index contributed by atoms with van der Waals surface area (Å²) in [4.78, 5) is 2.08. The molecule has 0 nitrogen and oxygen atoms in total. The molecule has 0 saturated heterocycles. The second kappa shape index (κ2) is 9.61. The van der Waals surface area contributed by atoms with Crippen LogP contribution in [-0.2, 0) is 19.3 Å². The van der Waals surface area contributed by atoms with Crippen LogP contribution in [-0.4, -0.2) is 0 Å². The van der Waals surface area contributed by atoms with E-state index in [9.17, 15) is 0 Å². The molecule has 148 valence electrons. The largest absolute Gasteiger partial charge is 0.143 e. The van der Waals surface area contributed by atoms with Gasteiger partial charge in [-0.3, -0.25) is 0 Å². The lowest BCUT2D eigenvalue weighted by Crippen LogP contribution is -1.95. The van der Waals surface area contributed by atoms with Crippen LogP contribution in [0.2, 0.25) is 5.02 Å². The Morgan fingerprint density at radius 3 is 2.68 bits per heavy atom. The van der Waals surface area contributed by atoms with Crippen LogP contribution in [0.15, 0.2) is 46.7 Å². The second-order valence-corrected chi connectivity index (χ2v) is 9.70. The van der Waals surface area contributed by atoms with E-state index in [1.54, 1.807) is 11.8 Å². The molecule has 0 fully saturated rings. The van der Waals surface area contributed by atoms with E-state index in [4.69, 9.17) is 11.6 Å². The van der Waals surface area contributed by atoms with Crippen LogP contribution in [0.25, 0.3) is 4.91 Å². The number of allylic oxidation sites excluding steroid dienone is 1. The van der Waals surface area contributed by atoms with Gasteiger partial charge in [-0.1, -0.05) is 60.1 Å². The number of halogens is 1. The van der Waals surface area contributed by atoms with E-state index in [0.29, 0.717) is 0 Å². The fourth-order valence-corrected chi connectivity index (χ4v) is 5.23. The van der Waals surface area contributed by atoms with E-state index in [1.807, 2.05) is 0 Å². The molecule has 1 aliphatic rings. The monoisotopic (exact) mass is 428 g/mol. The van der Waals surface area contributed by atoms with E-state index < -0.39 is 0 Å². The van der Waals surface area contributed by atoms with E-state index >= 15 is 0 Å². The highest BCUT2D eigenvalue weighted by Crippen LogP contribution is 2.37. The van der Waals surface area contributed by atoms with Crippen LogP contribution in [0.4, 0.5) is 0 Å². The van der Waals surface area contributed by atoms with E-state index in [2.05, 4.69) is 69.7 Å². The molecular formula is C25H29ClS2. The predicted molar refractivity (Wildman–Crippen MR) is 130 cm³/mol. The summed E-state index contributed by atoms with van der Waals surface area (Å²) in [7, 11) is 0. The third-order valence-corrected chi connectivity index (χ3v) is 7.48. The van der Waals surface area contributed by atoms with Crippen molar-refractivity contribution in [2.75, 3.05) is 0 Å². The molecule has 0 saturated carbocycles. The van der Waals surface area contributed by atoms with Crippen LogP contribution >= 0.6 is 36.0 Å². The molecule has 0 aliphatic heterocycles. The molecule has 2 aromatic rings. The Morgan fingerprint density at radius 2 is 1.89 bits per heavy atom. The number of benzene rings is 2. The molecule has 3 rings (SSSR count). The average molecular weight is 429 g/mol. The van der Waals surface area contributed by atoms with Crippen molar-refractivity contribution >= 4 is 40.9 Å². The van der Waals surface area contributed by atoms with E-state index in [0.717, 1.165) is 39.6 Å². The average Bonchev–Trinajstić information content (AvgIpc) is 2.90. The normalized spacial score (nSPS) is 14.5. The predicted octanol–water partition coefficient (Wildman–Crippen LogP) is 8.36. The number of hydrogen-bond donors (Lipinski definition) is 1. The standard InChI is InChI=1S/C25H29ClS2/c1-16(12-21-13-18(3)24(27)14-17(21)2)15-28-19(4)22-11-10-20-8-6-5-7-9-23(20)25(22)26/h10-11,13-15,27H,4-9,12H2,1-3H3/b16-15+. The van der Waals surface area contributed by atoms with Crippen LogP contribution in [0.5, 0.6) is 0 Å². The summed E-state index contributed by atoms with van der Waals surface area (Å²) < 4.78 is 0. The van der Waals surface area contributed by atoms with Crippen molar-refractivity contribution in [3.8, 4) is 0 Å². The molecule has 2 aromatic carbocycles. The van der Waals surface area contributed by atoms with E-state index in [-0.39, 0.29) is 0 Å². The van der Waals surface area contributed by atoms with Gasteiger partial charge in [0.2, 0.25) is 0 Å². The molecule has 28 heavy (non-hydrogen) atoms. The molecule has 0 unspecified atom stereocenters. The Bertz CT molecular complexity index is 925. The number of aryl methyl sites for hydroxylation is 3. The molecule has 0 bridgehead atoms. The summed E-state index contributed by atoms with van der Waals surface area (Å²) in [6.45, 7) is 10.8. The van der Waals surface area contributed by atoms with Gasteiger partial charge in [0.15, 0.2) is 0 Å². The lowest BCUT2D eigenvalue weighted by Gasteiger charge is -2.14. The lowest BCUT2D eigenvalue weighted by atomic mass is 10.00. The topological polar surface area (TPSA) is 0 Å². The molecule has 0 amide bonds. The van der Waals surface area contributed by atoms with Gasteiger partial charge in [0.1, 0.15) is 0 Å². The summed E-state index contributed by atoms with van der Waals surface area (Å²) in [5.74, 6) is 0. The van der Waals surface area contributed by atoms with Crippen molar-refractivity contribution in [1.82, 2.24) is 0 Å². The molecule has 3 heteroatoms. The first kappa shape index (κ1) is 21.6. The van der Waals surface area contributed by atoms with Crippen LogP contribution in [0, 0.1) is 13.8 Å². The van der Waals surface area contributed by atoms with Crippen molar-refractivity contribution in [2.24, 2.45) is 0 Å². The van der Waals surface area contributed by atoms with Crippen molar-refractivity contribution in [3.63, 3.8) is 0 Å². The van der Waals surface area contributed by atoms with Gasteiger partial charge in [0, 0.05) is 15.4 Å². The maximum Gasteiger partial charge on any atom is 0.0524 e. The van der Waals surface area contributed by atoms with Gasteiger partial charge in [-0.25, -0.2) is 0 Å². The summed E-state index contributed by atoms with van der Waals surface area (Å²) in [5, 5.41) is 3.13. The Kier molecular flexibility index (Phi) is 7.42. The molecule has 0 radical (unpaired) electrons. The fraction of sp³-hybridized carbons (Fsp3) is 0.360. The van der Waals surface area contributed by atoms with E-state index in [1.165, 1.54) is 52.7 Å². The number of hydrogen-bond acceptors (Lipinski definition) is 2. The van der Waals surface area contributed by atoms with Crippen molar-refractivity contribution in [1.29, 1.82) is 0 Å². The van der Waals surface area contributed by atoms with Gasteiger partial charge in [0.05, 0.1) is 5.02 Å². The van der Waals surface area contributed by atoms with Gasteiger partial charge >= 0.3 is 0 Å². The highest BCUT2D eigenvalue weighted by Gasteiger charge is 2.15. The van der Waals surface area contributed by atoms with Gasteiger partial charge in [-0.2, -0.15) is 0 Å². The first-order chi connectivity index (χ1) is 13.4. The molecule has 1 aliphatic carbocycles. The van der Waals surface area contributed by atoms with Crippen LogP contribution < -0.4 is 0 Å². The Morgan fingerprint density at radius 1 is 1.14 bits per heavy atom. The van der Waals surface area contributed by atoms with Crippen LogP contribution in [0.1, 0.15) is 59.6 Å². The van der Waals surface area contributed by atoms with Gasteiger partial charge < -0.3 is 0 Å². The smallest absolute Gasteiger partial charge is 0.0524 e. The van der Waals surface area contributed by atoms with Crippen molar-refractivity contribution < 1.29 is 0 Å². The number of rotatable bonds is 5. The van der Waals surface area contributed by atoms with Crippen molar-refractivity contribution in [3.05, 3.63) is 80.2 Å². The minimum atomic E-state index is 0.916. The van der Waals surface area contributed by atoms with Gasteiger partial charge in [-0.15, -0.1) is 12.6 Å². The zero-order valence-corrected chi connectivity index (χ0v) is 19.5. The Hall–Kier alpha value is -1.09. The summed E-state index contributed by atoms with van der Waals surface area (Å²) in [6.07, 6.45) is 6.99. The zero-order valence-electron chi connectivity index (χ0n) is 17.1. The summed E-state index contributed by atoms with van der Waals surface area (Å²) in [6, 6.07) is 8.82. The Balaban J connectivity index is 1.73. The quantitative estimate of drug-likeness (QED) is 0.368. The molecule has 0 heterocycles. The fourth-order valence-electron chi connectivity index (χ4n) is 3.80. The summed E-state index contributed by atoms with van der Waals surface area (Å²) in [5.41, 5.74) is 9.06. The first-order valence-corrected chi connectivity index (χ1v) is 11.7. The highest BCUT2D eigenvalue weighted by molar-refractivity contribution is 8.10. The third kappa shape index (κ3) is 5.09. The zero-order chi connectivity index (χ0) is 20.3. The Labute approximate surface area is 184 Å². The minimum absolute atomic E-state index is 0.916. The maximum absolute atomic E-state index is 6.79. The second-order valence-electron chi connectivity index (χ2n) is 7.87. The summed E-state index contributed by atoms with van der Waals surface area (Å²) >= 11 is 13.0. The van der Waals surface area contributed by atoms with Crippen molar-refractivity contribution in [2.45, 2.75) is 64.2 Å². The van der Waals surface area contributed by atoms with Crippen LogP contribution in [0.3, 0.4) is 0 Å². The number of thiol groups is 1. The number of fused-ring (bicyclic) bond motifs is 1. The SMILES string of the molecule is C=C(S/C=C(\C)Cc1cc(C)c(S)cc1C)c1ccc2c(c1Cl)CCCCC2. The molecular weight excluding hydrogens is 400 g/mol. The maximum atomic E-state index is 6.79. The number of thioether (sulfide) groups is 1. The molecule has 0 spiro atoms. The third-order valence-electron chi connectivity index (χ3n) is 5.54. The van der Waals surface area contributed by atoms with Gasteiger partial charge in [0.25, 0.3) is 0 Å². The minimum Gasteiger partial charge on any atom is -0.143 e. The van der Waals surface area contributed by atoms with Gasteiger partial charge in [-0.05, 0) is 92.2 Å². The first-order valence-electron chi connectivity index (χ1n) is 9.97. The lowest BCUT2D eigenvalue weighted by molar-refractivity contribution is 0.711. The molecule has 0 aromatic heterocycles. The molecule has 0 atom stereocenters.